The lowest BCUT2D eigenvalue weighted by molar-refractivity contribution is -0.130. The van der Waals surface area contributed by atoms with E-state index in [-0.39, 0.29) is 18.3 Å². The quantitative estimate of drug-likeness (QED) is 0.731. The zero-order valence-corrected chi connectivity index (χ0v) is 15.2. The Morgan fingerprint density at radius 3 is 2.36 bits per heavy atom. The van der Waals surface area contributed by atoms with Gasteiger partial charge in [-0.15, -0.1) is 24.2 Å². The molecule has 126 valence electrons. The van der Waals surface area contributed by atoms with Crippen LogP contribution < -0.4 is 15.2 Å². The van der Waals surface area contributed by atoms with E-state index in [1.54, 1.807) is 37.9 Å². The molecule has 5 nitrogen and oxygen atoms in total. The Hall–Kier alpha value is -1.11. The minimum absolute atomic E-state index is 0. The average molecular weight is 349 g/mol. The molecule has 0 aliphatic carbocycles. The van der Waals surface area contributed by atoms with E-state index in [2.05, 4.69) is 0 Å². The summed E-state index contributed by atoms with van der Waals surface area (Å²) in [5.41, 5.74) is 6.49. The number of amides is 1. The third-order valence-corrected chi connectivity index (χ3v) is 4.03. The van der Waals surface area contributed by atoms with Crippen molar-refractivity contribution in [2.24, 2.45) is 5.73 Å². The van der Waals surface area contributed by atoms with Gasteiger partial charge >= 0.3 is 0 Å². The summed E-state index contributed by atoms with van der Waals surface area (Å²) in [7, 11) is 5.03. The van der Waals surface area contributed by atoms with Crippen LogP contribution in [0.5, 0.6) is 11.5 Å². The van der Waals surface area contributed by atoms with Crippen LogP contribution in [0.15, 0.2) is 17.0 Å². The van der Waals surface area contributed by atoms with Crippen LogP contribution in [-0.4, -0.2) is 44.9 Å². The molecule has 0 saturated heterocycles. The molecule has 0 spiro atoms. The molecule has 22 heavy (non-hydrogen) atoms. The number of nitrogens with zero attached hydrogens (tertiary/aromatic N) is 1. The summed E-state index contributed by atoms with van der Waals surface area (Å²) < 4.78 is 10.6. The maximum absolute atomic E-state index is 12.0. The molecule has 0 aromatic heterocycles. The average Bonchev–Trinajstić information content (AvgIpc) is 2.51. The van der Waals surface area contributed by atoms with Crippen LogP contribution in [0, 0.1) is 0 Å². The molecule has 1 aromatic rings. The molecule has 0 aliphatic rings. The Morgan fingerprint density at radius 1 is 1.27 bits per heavy atom. The second kappa shape index (κ2) is 10.6. The molecule has 1 amide bonds. The van der Waals surface area contributed by atoms with Crippen LogP contribution in [0.4, 0.5) is 0 Å². The fourth-order valence-electron chi connectivity index (χ4n) is 2.00. The van der Waals surface area contributed by atoms with E-state index >= 15 is 0 Å². The first-order valence-corrected chi connectivity index (χ1v) is 8.02. The lowest BCUT2D eigenvalue weighted by atomic mass is 10.1. The molecule has 0 heterocycles. The van der Waals surface area contributed by atoms with Gasteiger partial charge in [-0.25, -0.2) is 0 Å². The minimum atomic E-state index is 0. The number of ether oxygens (including phenoxy) is 2. The fraction of sp³-hybridized carbons (Fsp3) is 0.533. The van der Waals surface area contributed by atoms with Gasteiger partial charge in [0.25, 0.3) is 0 Å². The standard InChI is InChI=1S/C15H24N2O3S.ClH/c1-17(15(18)6-5-7-16)10-11-8-12(19-2)13(20-3)9-14(11)21-4;/h8-9H,5-7,10,16H2,1-4H3;1H. The van der Waals surface area contributed by atoms with Crippen LogP contribution in [0.25, 0.3) is 0 Å². The number of hydrogen-bond acceptors (Lipinski definition) is 5. The van der Waals surface area contributed by atoms with Gasteiger partial charge in [0.05, 0.1) is 14.2 Å². The number of thioether (sulfide) groups is 1. The second-order valence-electron chi connectivity index (χ2n) is 4.66. The number of nitrogens with two attached hydrogens (primary N) is 1. The molecule has 1 rings (SSSR count). The summed E-state index contributed by atoms with van der Waals surface area (Å²) in [6, 6.07) is 3.87. The molecule has 0 atom stereocenters. The van der Waals surface area contributed by atoms with Crippen LogP contribution in [0.1, 0.15) is 18.4 Å². The molecule has 1 aromatic carbocycles. The normalized spacial score (nSPS) is 9.86. The Balaban J connectivity index is 0.00000441. The highest BCUT2D eigenvalue weighted by molar-refractivity contribution is 7.98. The van der Waals surface area contributed by atoms with Gasteiger partial charge in [0.2, 0.25) is 5.91 Å². The largest absolute Gasteiger partial charge is 0.493 e. The van der Waals surface area contributed by atoms with Gasteiger partial charge in [-0.3, -0.25) is 4.79 Å². The first-order valence-electron chi connectivity index (χ1n) is 6.80. The summed E-state index contributed by atoms with van der Waals surface area (Å²) in [5, 5.41) is 0. The van der Waals surface area contributed by atoms with Crippen molar-refractivity contribution < 1.29 is 14.3 Å². The van der Waals surface area contributed by atoms with Crippen LogP contribution in [0.2, 0.25) is 0 Å². The zero-order valence-electron chi connectivity index (χ0n) is 13.5. The third-order valence-electron chi connectivity index (χ3n) is 3.21. The van der Waals surface area contributed by atoms with Crippen molar-refractivity contribution >= 4 is 30.1 Å². The number of hydrogen-bond donors (Lipinski definition) is 1. The van der Waals surface area contributed by atoms with E-state index in [1.807, 2.05) is 18.4 Å². The van der Waals surface area contributed by atoms with Gasteiger partial charge in [-0.05, 0) is 36.9 Å². The molecule has 2 N–H and O–H groups in total. The van der Waals surface area contributed by atoms with Crippen molar-refractivity contribution in [3.63, 3.8) is 0 Å². The van der Waals surface area contributed by atoms with Gasteiger partial charge in [0.1, 0.15) is 0 Å². The van der Waals surface area contributed by atoms with Gasteiger partial charge in [0.15, 0.2) is 11.5 Å². The van der Waals surface area contributed by atoms with Gasteiger partial charge in [0, 0.05) is 24.9 Å². The van der Waals surface area contributed by atoms with Crippen molar-refractivity contribution in [1.82, 2.24) is 4.90 Å². The molecule has 0 unspecified atom stereocenters. The topological polar surface area (TPSA) is 64.8 Å². The number of benzene rings is 1. The van der Waals surface area contributed by atoms with Crippen molar-refractivity contribution in [1.29, 1.82) is 0 Å². The molecular formula is C15H25ClN2O3S. The van der Waals surface area contributed by atoms with Crippen molar-refractivity contribution in [2.75, 3.05) is 34.1 Å². The Kier molecular flexibility index (Phi) is 10.1. The Morgan fingerprint density at radius 2 is 1.86 bits per heavy atom. The lowest BCUT2D eigenvalue weighted by Gasteiger charge is -2.20. The minimum Gasteiger partial charge on any atom is -0.493 e. The summed E-state index contributed by atoms with van der Waals surface area (Å²) >= 11 is 1.62. The molecule has 0 bridgehead atoms. The van der Waals surface area contributed by atoms with Crippen molar-refractivity contribution in [3.8, 4) is 11.5 Å². The Bertz CT molecular complexity index is 486. The first-order chi connectivity index (χ1) is 10.1. The summed E-state index contributed by atoms with van der Waals surface area (Å²) in [4.78, 5) is 14.8. The number of halogens is 1. The molecule has 0 radical (unpaired) electrons. The van der Waals surface area contributed by atoms with E-state index in [1.165, 1.54) is 0 Å². The molecule has 0 saturated carbocycles. The Labute approximate surface area is 142 Å². The summed E-state index contributed by atoms with van der Waals surface area (Å²) in [6.07, 6.45) is 3.19. The zero-order chi connectivity index (χ0) is 15.8. The van der Waals surface area contributed by atoms with Gasteiger partial charge < -0.3 is 20.1 Å². The predicted octanol–water partition coefficient (Wildman–Crippen LogP) is 2.54. The smallest absolute Gasteiger partial charge is 0.222 e. The summed E-state index contributed by atoms with van der Waals surface area (Å²) in [5.74, 6) is 1.47. The van der Waals surface area contributed by atoms with Crippen molar-refractivity contribution in [2.45, 2.75) is 24.3 Å². The van der Waals surface area contributed by atoms with E-state index < -0.39 is 0 Å². The molecule has 0 fully saturated rings. The molecular weight excluding hydrogens is 324 g/mol. The highest BCUT2D eigenvalue weighted by Gasteiger charge is 2.15. The number of methoxy groups -OCH3 is 2. The van der Waals surface area contributed by atoms with E-state index in [9.17, 15) is 4.79 Å². The van der Waals surface area contributed by atoms with Crippen molar-refractivity contribution in [3.05, 3.63) is 17.7 Å². The second-order valence-corrected chi connectivity index (χ2v) is 5.51. The van der Waals surface area contributed by atoms with Crippen LogP contribution >= 0.6 is 24.2 Å². The number of rotatable bonds is 8. The number of carbonyl (C=O) groups is 1. The maximum Gasteiger partial charge on any atom is 0.222 e. The highest BCUT2D eigenvalue weighted by atomic mass is 35.5. The van der Waals surface area contributed by atoms with Gasteiger partial charge in [-0.1, -0.05) is 0 Å². The summed E-state index contributed by atoms with van der Waals surface area (Å²) in [6.45, 7) is 1.08. The van der Waals surface area contributed by atoms with Crippen LogP contribution in [-0.2, 0) is 11.3 Å². The SMILES string of the molecule is COc1cc(CN(C)C(=O)CCCN)c(SC)cc1OC.Cl. The van der Waals surface area contributed by atoms with Gasteiger partial charge in [-0.2, -0.15) is 0 Å². The monoisotopic (exact) mass is 348 g/mol. The molecule has 0 aliphatic heterocycles. The highest BCUT2D eigenvalue weighted by Crippen LogP contribution is 2.35. The van der Waals surface area contributed by atoms with E-state index in [0.717, 1.165) is 10.5 Å². The predicted molar refractivity (Wildman–Crippen MR) is 93.3 cm³/mol. The number of carbonyl (C=O) groups excluding carboxylic acids is 1. The molecule has 7 heteroatoms. The lowest BCUT2D eigenvalue weighted by Crippen LogP contribution is -2.26. The fourth-order valence-corrected chi connectivity index (χ4v) is 2.61. The maximum atomic E-state index is 12.0. The van der Waals surface area contributed by atoms with E-state index in [0.29, 0.717) is 37.4 Å². The first kappa shape index (κ1) is 20.9. The van der Waals surface area contributed by atoms with E-state index in [4.69, 9.17) is 15.2 Å². The third kappa shape index (κ3) is 5.59. The van der Waals surface area contributed by atoms with Crippen LogP contribution in [0.3, 0.4) is 0 Å².